The van der Waals surface area contributed by atoms with Crippen LogP contribution in [-0.2, 0) is 7.05 Å². The highest BCUT2D eigenvalue weighted by molar-refractivity contribution is 6.28. The molecule has 3 N–H and O–H groups in total. The minimum atomic E-state index is 0.127. The van der Waals surface area contributed by atoms with E-state index in [0.29, 0.717) is 11.0 Å². The SMILES string of the molecule is C[n+]1c[nH]cc1-c1ccc2nc(Cl)nc(N)c2n1. The van der Waals surface area contributed by atoms with E-state index >= 15 is 0 Å². The normalized spacial score (nSPS) is 11.0. The van der Waals surface area contributed by atoms with Crippen molar-refractivity contribution < 1.29 is 4.57 Å². The van der Waals surface area contributed by atoms with Crippen molar-refractivity contribution in [2.24, 2.45) is 7.05 Å². The highest BCUT2D eigenvalue weighted by Crippen LogP contribution is 2.21. The van der Waals surface area contributed by atoms with Crippen LogP contribution in [0, 0.1) is 0 Å². The molecule has 0 spiro atoms. The van der Waals surface area contributed by atoms with Crippen LogP contribution in [0.1, 0.15) is 0 Å². The van der Waals surface area contributed by atoms with Crippen LogP contribution in [0.3, 0.4) is 0 Å². The molecule has 0 atom stereocenters. The Morgan fingerprint density at radius 1 is 1.28 bits per heavy atom. The maximum absolute atomic E-state index is 5.80. The molecule has 7 heteroatoms. The number of imidazole rings is 1. The van der Waals surface area contributed by atoms with Gasteiger partial charge in [0.05, 0.1) is 12.6 Å². The van der Waals surface area contributed by atoms with Crippen LogP contribution >= 0.6 is 11.6 Å². The van der Waals surface area contributed by atoms with Crippen molar-refractivity contribution in [3.05, 3.63) is 29.9 Å². The number of nitrogen functional groups attached to an aromatic ring is 1. The van der Waals surface area contributed by atoms with Crippen LogP contribution in [0.5, 0.6) is 0 Å². The fourth-order valence-corrected chi connectivity index (χ4v) is 1.99. The highest BCUT2D eigenvalue weighted by atomic mass is 35.5. The number of aromatic nitrogens is 5. The van der Waals surface area contributed by atoms with E-state index in [0.717, 1.165) is 11.4 Å². The molecule has 3 aromatic heterocycles. The lowest BCUT2D eigenvalue weighted by Gasteiger charge is -2.02. The van der Waals surface area contributed by atoms with Crippen molar-refractivity contribution in [2.75, 3.05) is 5.73 Å². The molecular weight excluding hydrogens is 252 g/mol. The average Bonchev–Trinajstić information content (AvgIpc) is 2.75. The summed E-state index contributed by atoms with van der Waals surface area (Å²) < 4.78 is 1.93. The lowest BCUT2D eigenvalue weighted by Crippen LogP contribution is -2.27. The van der Waals surface area contributed by atoms with Crippen LogP contribution in [0.4, 0.5) is 5.82 Å². The molecule has 3 rings (SSSR count). The number of nitrogens with one attached hydrogen (secondary N) is 1. The number of aryl methyl sites for hydroxylation is 1. The Kier molecular flexibility index (Phi) is 2.38. The molecule has 6 nitrogen and oxygen atoms in total. The fourth-order valence-electron chi connectivity index (χ4n) is 1.80. The smallest absolute Gasteiger partial charge is 0.241 e. The molecule has 0 unspecified atom stereocenters. The number of halogens is 1. The number of hydrogen-bond acceptors (Lipinski definition) is 4. The number of nitrogens with two attached hydrogens (primary N) is 1. The van der Waals surface area contributed by atoms with Gasteiger partial charge in [0.25, 0.3) is 0 Å². The standard InChI is InChI=1S/C11H9ClN6/c1-18-5-14-4-8(18)6-2-3-7-9(15-6)10(13)17-11(12)16-7/h2-5H,1H3,(H2,13,16,17)/p+1. The minimum absolute atomic E-state index is 0.127. The van der Waals surface area contributed by atoms with E-state index in [-0.39, 0.29) is 11.1 Å². The minimum Gasteiger partial charge on any atom is -0.382 e. The topological polar surface area (TPSA) is 84.4 Å². The van der Waals surface area contributed by atoms with Gasteiger partial charge in [0.15, 0.2) is 11.5 Å². The van der Waals surface area contributed by atoms with Gasteiger partial charge in [-0.1, -0.05) is 0 Å². The maximum atomic E-state index is 5.80. The quantitative estimate of drug-likeness (QED) is 0.507. The van der Waals surface area contributed by atoms with Gasteiger partial charge in [0, 0.05) is 0 Å². The molecule has 3 aromatic rings. The van der Waals surface area contributed by atoms with E-state index in [1.807, 2.05) is 36.3 Å². The van der Waals surface area contributed by atoms with Gasteiger partial charge in [-0.25, -0.2) is 19.5 Å². The molecule has 0 saturated carbocycles. The second-order valence-corrected chi connectivity index (χ2v) is 4.22. The Morgan fingerprint density at radius 3 is 2.83 bits per heavy atom. The third-order valence-corrected chi connectivity index (χ3v) is 2.84. The largest absolute Gasteiger partial charge is 0.382 e. The summed E-state index contributed by atoms with van der Waals surface area (Å²) in [4.78, 5) is 15.5. The second kappa shape index (κ2) is 3.92. The highest BCUT2D eigenvalue weighted by Gasteiger charge is 2.12. The predicted octanol–water partition coefficient (Wildman–Crippen LogP) is 1.08. The molecule has 0 aromatic carbocycles. The van der Waals surface area contributed by atoms with Gasteiger partial charge in [0.2, 0.25) is 11.6 Å². The van der Waals surface area contributed by atoms with Gasteiger partial charge in [0.1, 0.15) is 17.4 Å². The Hall–Kier alpha value is -2.21. The molecule has 0 saturated heterocycles. The summed E-state index contributed by atoms with van der Waals surface area (Å²) in [5.74, 6) is 0.282. The zero-order valence-corrected chi connectivity index (χ0v) is 10.3. The zero-order valence-electron chi connectivity index (χ0n) is 9.55. The number of hydrogen-bond donors (Lipinski definition) is 2. The van der Waals surface area contributed by atoms with Crippen molar-refractivity contribution in [2.45, 2.75) is 0 Å². The summed E-state index contributed by atoms with van der Waals surface area (Å²) in [6.07, 6.45) is 3.70. The third-order valence-electron chi connectivity index (χ3n) is 2.67. The number of pyridine rings is 1. The van der Waals surface area contributed by atoms with E-state index in [1.54, 1.807) is 0 Å². The van der Waals surface area contributed by atoms with Gasteiger partial charge in [-0.3, -0.25) is 0 Å². The van der Waals surface area contributed by atoms with Crippen molar-refractivity contribution in [3.63, 3.8) is 0 Å². The van der Waals surface area contributed by atoms with Gasteiger partial charge in [-0.2, -0.15) is 4.98 Å². The Morgan fingerprint density at radius 2 is 2.11 bits per heavy atom. The van der Waals surface area contributed by atoms with Crippen molar-refractivity contribution in [1.29, 1.82) is 0 Å². The van der Waals surface area contributed by atoms with Crippen molar-refractivity contribution in [1.82, 2.24) is 19.9 Å². The summed E-state index contributed by atoms with van der Waals surface area (Å²) in [5, 5.41) is 0.127. The summed E-state index contributed by atoms with van der Waals surface area (Å²) in [6.45, 7) is 0. The molecule has 0 fully saturated rings. The van der Waals surface area contributed by atoms with Gasteiger partial charge < -0.3 is 5.73 Å². The van der Waals surface area contributed by atoms with Crippen molar-refractivity contribution >= 4 is 28.5 Å². The van der Waals surface area contributed by atoms with E-state index in [1.165, 1.54) is 0 Å². The number of nitrogens with zero attached hydrogens (tertiary/aromatic N) is 4. The van der Waals surface area contributed by atoms with E-state index in [2.05, 4.69) is 19.9 Å². The van der Waals surface area contributed by atoms with Crippen LogP contribution in [0.2, 0.25) is 5.28 Å². The number of H-pyrrole nitrogens is 1. The molecule has 3 heterocycles. The average molecular weight is 262 g/mol. The molecule has 0 amide bonds. The first kappa shape index (κ1) is 10.9. The zero-order chi connectivity index (χ0) is 12.7. The molecule has 90 valence electrons. The van der Waals surface area contributed by atoms with E-state index < -0.39 is 0 Å². The molecule has 0 bridgehead atoms. The maximum Gasteiger partial charge on any atom is 0.241 e. The van der Waals surface area contributed by atoms with Gasteiger partial charge >= 0.3 is 0 Å². The van der Waals surface area contributed by atoms with Crippen molar-refractivity contribution in [3.8, 4) is 11.4 Å². The van der Waals surface area contributed by atoms with Gasteiger partial charge in [-0.05, 0) is 23.7 Å². The Labute approximate surface area is 107 Å². The van der Waals surface area contributed by atoms with Crippen LogP contribution in [-0.4, -0.2) is 19.9 Å². The number of rotatable bonds is 1. The Balaban J connectivity index is 2.26. The van der Waals surface area contributed by atoms with Crippen LogP contribution < -0.4 is 10.3 Å². The van der Waals surface area contributed by atoms with E-state index in [9.17, 15) is 0 Å². The summed E-state index contributed by atoms with van der Waals surface area (Å²) in [6, 6.07) is 3.70. The van der Waals surface area contributed by atoms with Crippen LogP contribution in [0.15, 0.2) is 24.7 Å². The summed E-state index contributed by atoms with van der Waals surface area (Å²) >= 11 is 5.75. The first-order chi connectivity index (χ1) is 8.65. The van der Waals surface area contributed by atoms with Gasteiger partial charge in [-0.15, -0.1) is 0 Å². The molecular formula is C11H10ClN6+. The lowest BCUT2D eigenvalue weighted by molar-refractivity contribution is -0.659. The fraction of sp³-hybridized carbons (Fsp3) is 0.0909. The number of anilines is 1. The first-order valence-corrected chi connectivity index (χ1v) is 5.65. The van der Waals surface area contributed by atoms with Crippen LogP contribution in [0.25, 0.3) is 22.4 Å². The second-order valence-electron chi connectivity index (χ2n) is 3.88. The summed E-state index contributed by atoms with van der Waals surface area (Å²) in [7, 11) is 1.93. The monoisotopic (exact) mass is 261 g/mol. The predicted molar refractivity (Wildman–Crippen MR) is 67.7 cm³/mol. The van der Waals surface area contributed by atoms with E-state index in [4.69, 9.17) is 17.3 Å². The number of aromatic amines is 1. The molecule has 0 radical (unpaired) electrons. The molecule has 0 aliphatic rings. The first-order valence-electron chi connectivity index (χ1n) is 5.28. The molecule has 18 heavy (non-hydrogen) atoms. The number of fused-ring (bicyclic) bond motifs is 1. The third kappa shape index (κ3) is 1.67. The molecule has 0 aliphatic carbocycles. The summed E-state index contributed by atoms with van der Waals surface area (Å²) in [5.41, 5.74) is 8.74. The molecule has 0 aliphatic heterocycles. The lowest BCUT2D eigenvalue weighted by atomic mass is 10.2. The Bertz CT molecular complexity index is 735.